The monoisotopic (exact) mass is 872 g/mol. The highest BCUT2D eigenvalue weighted by molar-refractivity contribution is 9.11. The quantitative estimate of drug-likeness (QED) is 0.127. The number of hydrogen-bond donors (Lipinski definition) is 0. The molecule has 0 saturated carbocycles. The number of hydrogen-bond acceptors (Lipinski definition) is 1. The van der Waals surface area contributed by atoms with Gasteiger partial charge in [0.15, 0.2) is 5.78 Å². The number of halogens is 2. The predicted molar refractivity (Wildman–Crippen MR) is 251 cm³/mol. The van der Waals surface area contributed by atoms with Gasteiger partial charge in [0, 0.05) is 25.5 Å². The third kappa shape index (κ3) is 6.75. The second-order valence-electron chi connectivity index (χ2n) is 14.7. The fourth-order valence-corrected chi connectivity index (χ4v) is 9.67. The van der Waals surface area contributed by atoms with Crippen molar-refractivity contribution in [3.63, 3.8) is 0 Å². The Morgan fingerprint density at radius 3 is 1.57 bits per heavy atom. The van der Waals surface area contributed by atoms with Crippen molar-refractivity contribution in [2.24, 2.45) is 0 Å². The van der Waals surface area contributed by atoms with E-state index in [-0.39, 0.29) is 11.2 Å². The van der Waals surface area contributed by atoms with Crippen molar-refractivity contribution >= 4 is 80.7 Å². The number of fused-ring (bicyclic) bond motifs is 3. The van der Waals surface area contributed by atoms with Gasteiger partial charge in [0.1, 0.15) is 0 Å². The first kappa shape index (κ1) is 37.4. The lowest BCUT2D eigenvalue weighted by molar-refractivity contribution is 0.103. The summed E-state index contributed by atoms with van der Waals surface area (Å²) in [5.41, 5.74) is 7.90. The van der Waals surface area contributed by atoms with E-state index in [1.807, 2.05) is 54.6 Å². The summed E-state index contributed by atoms with van der Waals surface area (Å²) in [6.45, 7) is 2.19. The van der Waals surface area contributed by atoms with Crippen molar-refractivity contribution < 1.29 is 4.79 Å². The molecule has 11 rings (SSSR count). The molecule has 0 atom stereocenters. The van der Waals surface area contributed by atoms with Crippen LogP contribution in [0, 0.1) is 6.92 Å². The van der Waals surface area contributed by atoms with Crippen molar-refractivity contribution in [3.05, 3.63) is 260 Å². The predicted octanol–water partition coefficient (Wildman–Crippen LogP) is 15.4. The summed E-state index contributed by atoms with van der Waals surface area (Å²) in [5, 5.41) is 10.6. The molecule has 0 amide bonds. The number of ketones is 1. The van der Waals surface area contributed by atoms with Gasteiger partial charge in [0.05, 0.1) is 5.41 Å². The Morgan fingerprint density at radius 2 is 0.914 bits per heavy atom. The highest BCUT2D eigenvalue weighted by Crippen LogP contribution is 2.55. The van der Waals surface area contributed by atoms with Gasteiger partial charge in [-0.05, 0) is 85.1 Å². The van der Waals surface area contributed by atoms with E-state index >= 15 is 0 Å². The molecule has 10 aromatic carbocycles. The molecule has 0 bridgehead atoms. The van der Waals surface area contributed by atoms with Crippen LogP contribution in [0.25, 0.3) is 43.1 Å². The van der Waals surface area contributed by atoms with E-state index in [1.165, 1.54) is 70.9 Å². The summed E-state index contributed by atoms with van der Waals surface area (Å²) >= 11 is 6.97. The molecule has 0 radical (unpaired) electrons. The van der Waals surface area contributed by atoms with Crippen LogP contribution in [0.2, 0.25) is 0 Å². The number of rotatable bonds is 4. The Hall–Kier alpha value is -6.13. The maximum absolute atomic E-state index is 12.0. The maximum Gasteiger partial charge on any atom is 0.193 e. The molecule has 58 heavy (non-hydrogen) atoms. The summed E-state index contributed by atoms with van der Waals surface area (Å²) in [4.78, 5) is 12.0. The summed E-state index contributed by atoms with van der Waals surface area (Å²) in [6, 6.07) is 73.9. The van der Waals surface area contributed by atoms with Gasteiger partial charge in [-0.2, -0.15) is 0 Å². The smallest absolute Gasteiger partial charge is 0.193 e. The Labute approximate surface area is 355 Å². The van der Waals surface area contributed by atoms with Gasteiger partial charge >= 0.3 is 0 Å². The average Bonchev–Trinajstić information content (AvgIpc) is 3.59. The topological polar surface area (TPSA) is 17.1 Å². The minimum Gasteiger partial charge on any atom is -0.289 e. The van der Waals surface area contributed by atoms with Crippen LogP contribution in [0.15, 0.2) is 221 Å². The zero-order valence-corrected chi connectivity index (χ0v) is 35.0. The molecule has 0 heterocycles. The van der Waals surface area contributed by atoms with E-state index in [4.69, 9.17) is 0 Å². The molecule has 1 nitrogen and oxygen atoms in total. The molecule has 0 aromatic heterocycles. The Morgan fingerprint density at radius 1 is 0.414 bits per heavy atom. The van der Waals surface area contributed by atoms with Gasteiger partial charge in [-0.25, -0.2) is 0 Å². The van der Waals surface area contributed by atoms with Crippen LogP contribution in [0.3, 0.4) is 0 Å². The van der Waals surface area contributed by atoms with Crippen molar-refractivity contribution in [2.45, 2.75) is 12.3 Å². The second-order valence-corrected chi connectivity index (χ2v) is 16.5. The number of benzene rings is 10. The van der Waals surface area contributed by atoms with Crippen LogP contribution in [0.5, 0.6) is 0 Å². The molecule has 0 spiro atoms. The first-order valence-electron chi connectivity index (χ1n) is 19.4. The molecule has 3 heteroatoms. The SMILES string of the molecule is Brc1cccc2ccc3ccccc3c12.Cc1cccc(C2(c3ccccc3)c3cccc4ccc5cccc2c5c34)c1.O=C(c1ccccc1)c1cccc(Br)c1. The minimum atomic E-state index is -0.282. The Balaban J connectivity index is 0.000000123. The van der Waals surface area contributed by atoms with Gasteiger partial charge in [-0.3, -0.25) is 4.79 Å². The summed E-state index contributed by atoms with van der Waals surface area (Å²) in [5.74, 6) is 0.0527. The third-order valence-corrected chi connectivity index (χ3v) is 12.3. The first-order valence-corrected chi connectivity index (χ1v) is 21.0. The van der Waals surface area contributed by atoms with Crippen molar-refractivity contribution in [1.29, 1.82) is 0 Å². The number of carbonyl (C=O) groups excluding carboxylic acids is 1. The molecule has 10 aromatic rings. The normalized spacial score (nSPS) is 12.3. The summed E-state index contributed by atoms with van der Waals surface area (Å²) in [7, 11) is 0. The van der Waals surface area contributed by atoms with Crippen molar-refractivity contribution in [1.82, 2.24) is 0 Å². The van der Waals surface area contributed by atoms with Crippen LogP contribution in [-0.4, -0.2) is 5.78 Å². The number of aryl methyl sites for hydroxylation is 1. The van der Waals surface area contributed by atoms with E-state index in [1.54, 1.807) is 0 Å². The van der Waals surface area contributed by atoms with E-state index in [2.05, 4.69) is 197 Å². The zero-order chi connectivity index (χ0) is 39.6. The molecular weight excluding hydrogens is 836 g/mol. The van der Waals surface area contributed by atoms with Gasteiger partial charge < -0.3 is 0 Å². The molecule has 0 saturated heterocycles. The van der Waals surface area contributed by atoms with Crippen LogP contribution in [-0.2, 0) is 5.41 Å². The summed E-state index contributed by atoms with van der Waals surface area (Å²) in [6.07, 6.45) is 0. The fourth-order valence-electron chi connectivity index (χ4n) is 8.68. The minimum absolute atomic E-state index is 0.0527. The van der Waals surface area contributed by atoms with Crippen LogP contribution < -0.4 is 0 Å². The standard InChI is InChI=1S/C28H20.C14H9Br.C13H9BrO/c1-19-8-5-13-23(18-19)28(22-11-3-2-4-12-22)24-14-6-9-20-16-17-21-10-7-15-25(28)27(21)26(20)24;15-13-7-3-5-11-9-8-10-4-1-2-6-12(10)14(11)13;14-12-8-4-7-11(9-12)13(15)10-5-2-1-3-6-10/h2-18H,1H3;2*1-9H. The molecule has 0 N–H and O–H groups in total. The first-order chi connectivity index (χ1) is 28.4. The molecule has 1 aliphatic carbocycles. The number of carbonyl (C=O) groups is 1. The Bertz CT molecular complexity index is 3050. The molecular formula is C55H38Br2O. The highest BCUT2D eigenvalue weighted by atomic mass is 79.9. The van der Waals surface area contributed by atoms with E-state index in [9.17, 15) is 4.79 Å². The zero-order valence-electron chi connectivity index (χ0n) is 31.9. The van der Waals surface area contributed by atoms with Crippen molar-refractivity contribution in [2.75, 3.05) is 0 Å². The molecule has 0 fully saturated rings. The van der Waals surface area contributed by atoms with Gasteiger partial charge in [0.25, 0.3) is 0 Å². The van der Waals surface area contributed by atoms with Crippen molar-refractivity contribution in [3.8, 4) is 0 Å². The second kappa shape index (κ2) is 16.0. The van der Waals surface area contributed by atoms with Crippen LogP contribution >= 0.6 is 31.9 Å². The van der Waals surface area contributed by atoms with Crippen LogP contribution in [0.1, 0.15) is 43.7 Å². The van der Waals surface area contributed by atoms with E-state index < -0.39 is 0 Å². The largest absolute Gasteiger partial charge is 0.289 e. The highest BCUT2D eigenvalue weighted by Gasteiger charge is 2.44. The lowest BCUT2D eigenvalue weighted by Gasteiger charge is -2.34. The lowest BCUT2D eigenvalue weighted by Crippen LogP contribution is -2.28. The molecule has 278 valence electrons. The van der Waals surface area contributed by atoms with Gasteiger partial charge in [-0.15, -0.1) is 0 Å². The summed E-state index contributed by atoms with van der Waals surface area (Å²) < 4.78 is 2.08. The Kier molecular flexibility index (Phi) is 10.3. The fraction of sp³-hybridized carbons (Fsp3) is 0.0364. The third-order valence-electron chi connectivity index (χ3n) is 11.2. The molecule has 1 aliphatic rings. The van der Waals surface area contributed by atoms with Gasteiger partial charge in [-0.1, -0.05) is 232 Å². The maximum atomic E-state index is 12.0. The van der Waals surface area contributed by atoms with E-state index in [0.29, 0.717) is 5.56 Å². The van der Waals surface area contributed by atoms with E-state index in [0.717, 1.165) is 14.5 Å². The lowest BCUT2D eigenvalue weighted by atomic mass is 9.67. The van der Waals surface area contributed by atoms with Crippen LogP contribution in [0.4, 0.5) is 0 Å². The van der Waals surface area contributed by atoms with Gasteiger partial charge in [0.2, 0.25) is 0 Å². The molecule has 0 unspecified atom stereocenters. The average molecular weight is 875 g/mol. The molecule has 0 aliphatic heterocycles.